The van der Waals surface area contributed by atoms with Crippen molar-refractivity contribution in [1.82, 2.24) is 5.32 Å². The Kier molecular flexibility index (Phi) is 5.71. The van der Waals surface area contributed by atoms with Gasteiger partial charge in [0.25, 0.3) is 0 Å². The van der Waals surface area contributed by atoms with E-state index in [9.17, 15) is 8.78 Å². The number of hydrogen-bond donors (Lipinski definition) is 1. The van der Waals surface area contributed by atoms with Crippen molar-refractivity contribution in [3.05, 3.63) is 35.4 Å². The smallest absolute Gasteiger partial charge is 0.126 e. The summed E-state index contributed by atoms with van der Waals surface area (Å²) < 4.78 is 33.3. The van der Waals surface area contributed by atoms with Crippen LogP contribution in [0.5, 0.6) is 0 Å². The van der Waals surface area contributed by atoms with E-state index >= 15 is 0 Å². The normalized spacial score (nSPS) is 18.9. The van der Waals surface area contributed by atoms with Crippen molar-refractivity contribution in [3.8, 4) is 0 Å². The van der Waals surface area contributed by atoms with Gasteiger partial charge in [0.15, 0.2) is 0 Å². The Morgan fingerprint density at radius 1 is 1.14 bits per heavy atom. The quantitative estimate of drug-likeness (QED) is 0.807. The molecule has 0 heterocycles. The summed E-state index contributed by atoms with van der Waals surface area (Å²) in [4.78, 5) is 0. The highest BCUT2D eigenvalue weighted by Gasteiger charge is 2.42. The summed E-state index contributed by atoms with van der Waals surface area (Å²) in [5.74, 6) is -1.06. The Hall–Kier alpha value is -1.00. The van der Waals surface area contributed by atoms with E-state index in [0.717, 1.165) is 44.7 Å². The van der Waals surface area contributed by atoms with Crippen LogP contribution in [0.25, 0.3) is 0 Å². The minimum atomic E-state index is -0.530. The third-order valence-corrected chi connectivity index (χ3v) is 4.22. The molecule has 1 fully saturated rings. The molecule has 1 aliphatic rings. The molecule has 118 valence electrons. The fourth-order valence-electron chi connectivity index (χ4n) is 3.42. The van der Waals surface area contributed by atoms with E-state index in [1.54, 1.807) is 0 Å². The Morgan fingerprint density at radius 2 is 1.76 bits per heavy atom. The number of hydrogen-bond acceptors (Lipinski definition) is 2. The molecule has 2 nitrogen and oxygen atoms in total. The molecule has 2 rings (SSSR count). The van der Waals surface area contributed by atoms with E-state index in [2.05, 4.69) is 12.2 Å². The summed E-state index contributed by atoms with van der Waals surface area (Å²) in [5, 5.41) is 3.45. The van der Waals surface area contributed by atoms with Gasteiger partial charge < -0.3 is 10.1 Å². The third kappa shape index (κ3) is 3.80. The van der Waals surface area contributed by atoms with Gasteiger partial charge >= 0.3 is 0 Å². The van der Waals surface area contributed by atoms with Gasteiger partial charge in [-0.1, -0.05) is 19.8 Å². The summed E-state index contributed by atoms with van der Waals surface area (Å²) in [5.41, 5.74) is 0.306. The molecule has 0 aliphatic heterocycles. The molecule has 0 saturated heterocycles. The lowest BCUT2D eigenvalue weighted by atomic mass is 9.86. The highest BCUT2D eigenvalue weighted by Crippen LogP contribution is 2.43. The molecule has 0 radical (unpaired) electrons. The van der Waals surface area contributed by atoms with E-state index in [-0.39, 0.29) is 11.6 Å². The number of benzene rings is 1. The van der Waals surface area contributed by atoms with Gasteiger partial charge in [0, 0.05) is 12.7 Å². The molecule has 0 amide bonds. The first-order chi connectivity index (χ1) is 10.1. The second-order valence-corrected chi connectivity index (χ2v) is 5.79. The van der Waals surface area contributed by atoms with Crippen LogP contribution in [0.4, 0.5) is 8.78 Å². The summed E-state index contributed by atoms with van der Waals surface area (Å²) in [6, 6.07) is 3.61. The molecule has 0 aromatic heterocycles. The summed E-state index contributed by atoms with van der Waals surface area (Å²) in [7, 11) is 0. The SMILES string of the molecule is CCCNC(c1cc(F)cc(F)c1)C1(OCC)CCCC1. The molecule has 1 N–H and O–H groups in total. The molecular formula is C17H25F2NO. The summed E-state index contributed by atoms with van der Waals surface area (Å²) in [6.45, 7) is 5.47. The second kappa shape index (κ2) is 7.32. The molecule has 1 unspecified atom stereocenters. The van der Waals surface area contributed by atoms with Crippen LogP contribution in [0.2, 0.25) is 0 Å². The van der Waals surface area contributed by atoms with Crippen LogP contribution in [0, 0.1) is 11.6 Å². The van der Waals surface area contributed by atoms with Gasteiger partial charge in [-0.25, -0.2) is 8.78 Å². The Morgan fingerprint density at radius 3 is 2.29 bits per heavy atom. The molecule has 21 heavy (non-hydrogen) atoms. The Balaban J connectivity index is 2.36. The fraction of sp³-hybridized carbons (Fsp3) is 0.647. The van der Waals surface area contributed by atoms with Crippen molar-refractivity contribution in [1.29, 1.82) is 0 Å². The number of rotatable bonds is 7. The first-order valence-corrected chi connectivity index (χ1v) is 7.94. The third-order valence-electron chi connectivity index (χ3n) is 4.22. The van der Waals surface area contributed by atoms with Gasteiger partial charge in [-0.05, 0) is 50.4 Å². The van der Waals surface area contributed by atoms with Crippen LogP contribution >= 0.6 is 0 Å². The van der Waals surface area contributed by atoms with E-state index < -0.39 is 11.6 Å². The zero-order chi connectivity index (χ0) is 15.3. The van der Waals surface area contributed by atoms with Crippen LogP contribution in [-0.2, 0) is 4.74 Å². The molecular weight excluding hydrogens is 272 g/mol. The van der Waals surface area contributed by atoms with Crippen molar-refractivity contribution >= 4 is 0 Å². The van der Waals surface area contributed by atoms with Crippen molar-refractivity contribution < 1.29 is 13.5 Å². The lowest BCUT2D eigenvalue weighted by Crippen LogP contribution is -2.44. The minimum Gasteiger partial charge on any atom is -0.373 e. The van der Waals surface area contributed by atoms with Crippen molar-refractivity contribution in [3.63, 3.8) is 0 Å². The van der Waals surface area contributed by atoms with Crippen LogP contribution in [0.3, 0.4) is 0 Å². The van der Waals surface area contributed by atoms with Crippen molar-refractivity contribution in [2.75, 3.05) is 13.2 Å². The van der Waals surface area contributed by atoms with E-state index in [1.807, 2.05) is 6.92 Å². The van der Waals surface area contributed by atoms with Gasteiger partial charge in [-0.2, -0.15) is 0 Å². The van der Waals surface area contributed by atoms with Crippen molar-refractivity contribution in [2.45, 2.75) is 57.6 Å². The molecule has 1 saturated carbocycles. The molecule has 0 bridgehead atoms. The van der Waals surface area contributed by atoms with Gasteiger partial charge in [0.05, 0.1) is 11.6 Å². The monoisotopic (exact) mass is 297 g/mol. The first-order valence-electron chi connectivity index (χ1n) is 7.94. The average molecular weight is 297 g/mol. The maximum atomic E-state index is 13.6. The number of ether oxygens (including phenoxy) is 1. The van der Waals surface area contributed by atoms with Gasteiger partial charge in [0.2, 0.25) is 0 Å². The van der Waals surface area contributed by atoms with Crippen molar-refractivity contribution in [2.24, 2.45) is 0 Å². The van der Waals surface area contributed by atoms with Crippen LogP contribution in [0.15, 0.2) is 18.2 Å². The predicted molar refractivity (Wildman–Crippen MR) is 80.2 cm³/mol. The minimum absolute atomic E-state index is 0.162. The summed E-state index contributed by atoms with van der Waals surface area (Å²) >= 11 is 0. The molecule has 4 heteroatoms. The maximum Gasteiger partial charge on any atom is 0.126 e. The Labute approximate surface area is 125 Å². The highest BCUT2D eigenvalue weighted by atomic mass is 19.1. The van der Waals surface area contributed by atoms with Crippen LogP contribution in [0.1, 0.15) is 57.6 Å². The largest absolute Gasteiger partial charge is 0.373 e. The lowest BCUT2D eigenvalue weighted by molar-refractivity contribution is -0.0626. The number of halogens is 2. The zero-order valence-electron chi connectivity index (χ0n) is 12.9. The predicted octanol–water partition coefficient (Wildman–Crippen LogP) is 4.35. The van der Waals surface area contributed by atoms with Crippen LogP contribution < -0.4 is 5.32 Å². The molecule has 1 aromatic rings. The van der Waals surface area contributed by atoms with Crippen LogP contribution in [-0.4, -0.2) is 18.8 Å². The average Bonchev–Trinajstić information content (AvgIpc) is 2.88. The standard InChI is InChI=1S/C17H25F2NO/c1-3-9-20-16(13-10-14(18)12-15(19)11-13)17(21-4-2)7-5-6-8-17/h10-12,16,20H,3-9H2,1-2H3. The van der Waals surface area contributed by atoms with E-state index in [1.165, 1.54) is 12.1 Å². The zero-order valence-corrected chi connectivity index (χ0v) is 12.9. The first kappa shape index (κ1) is 16.4. The molecule has 0 spiro atoms. The van der Waals surface area contributed by atoms with Gasteiger partial charge in [-0.3, -0.25) is 0 Å². The fourth-order valence-corrected chi connectivity index (χ4v) is 3.42. The second-order valence-electron chi connectivity index (χ2n) is 5.79. The Bertz CT molecular complexity index is 438. The molecule has 1 aliphatic carbocycles. The topological polar surface area (TPSA) is 21.3 Å². The number of nitrogens with one attached hydrogen (secondary N) is 1. The van der Waals surface area contributed by atoms with E-state index in [4.69, 9.17) is 4.74 Å². The summed E-state index contributed by atoms with van der Waals surface area (Å²) in [6.07, 6.45) is 5.03. The highest BCUT2D eigenvalue weighted by molar-refractivity contribution is 5.25. The lowest BCUT2D eigenvalue weighted by Gasteiger charge is -2.38. The maximum absolute atomic E-state index is 13.6. The van der Waals surface area contributed by atoms with E-state index in [0.29, 0.717) is 12.2 Å². The van der Waals surface area contributed by atoms with Gasteiger partial charge in [-0.15, -0.1) is 0 Å². The molecule has 1 atom stereocenters. The molecule has 1 aromatic carbocycles. The van der Waals surface area contributed by atoms with Gasteiger partial charge in [0.1, 0.15) is 11.6 Å².